The van der Waals surface area contributed by atoms with Crippen LogP contribution in [0.25, 0.3) is 0 Å². The quantitative estimate of drug-likeness (QED) is 0.406. The predicted octanol–water partition coefficient (Wildman–Crippen LogP) is 2.21. The summed E-state index contributed by atoms with van der Waals surface area (Å²) in [6.07, 6.45) is -11.1. The first-order valence-electron chi connectivity index (χ1n) is 3.03. The van der Waals surface area contributed by atoms with Crippen molar-refractivity contribution in [3.8, 4) is 0 Å². The first-order valence-corrected chi connectivity index (χ1v) is 3.03. The lowest BCUT2D eigenvalue weighted by molar-refractivity contribution is -0.167. The van der Waals surface area contributed by atoms with Crippen molar-refractivity contribution in [2.45, 2.75) is 12.4 Å². The zero-order valence-electron chi connectivity index (χ0n) is 6.66. The molecule has 8 heteroatoms. The number of carbonyl (C=O) groups is 1. The van der Waals surface area contributed by atoms with Crippen LogP contribution in [0, 0.1) is 0 Å². The van der Waals surface area contributed by atoms with E-state index in [2.05, 4.69) is 4.74 Å². The second-order valence-electron chi connectivity index (χ2n) is 2.07. The van der Waals surface area contributed by atoms with Crippen LogP contribution in [0.5, 0.6) is 0 Å². The molecule has 0 aliphatic carbocycles. The van der Waals surface area contributed by atoms with E-state index < -0.39 is 30.0 Å². The predicted molar refractivity (Wildman–Crippen MR) is 32.2 cm³/mol. The minimum Gasteiger partial charge on any atom is -0.492 e. The van der Waals surface area contributed by atoms with Crippen LogP contribution in [-0.2, 0) is 9.53 Å². The Kier molecular flexibility index (Phi) is 3.55. The molecule has 0 aromatic heterocycles. The summed E-state index contributed by atoms with van der Waals surface area (Å²) in [5.41, 5.74) is 0. The molecule has 0 bridgehead atoms. The van der Waals surface area contributed by atoms with Crippen molar-refractivity contribution >= 4 is 5.78 Å². The number of carbonyl (C=O) groups excluding carboxylic acids is 1. The number of hydrogen-bond donors (Lipinski definition) is 0. The van der Waals surface area contributed by atoms with Gasteiger partial charge in [-0.3, -0.25) is 4.79 Å². The molecule has 0 rings (SSSR count). The van der Waals surface area contributed by atoms with Gasteiger partial charge in [0.05, 0.1) is 7.11 Å². The number of halogens is 6. The van der Waals surface area contributed by atoms with Crippen LogP contribution in [0.1, 0.15) is 0 Å². The van der Waals surface area contributed by atoms with E-state index >= 15 is 0 Å². The van der Waals surface area contributed by atoms with Gasteiger partial charge in [-0.15, -0.1) is 0 Å². The summed E-state index contributed by atoms with van der Waals surface area (Å²) in [5, 5.41) is 0. The number of rotatable bonds is 2. The molecule has 0 aromatic rings. The molecule has 0 aliphatic rings. The largest absolute Gasteiger partial charge is 0.492 e. The second-order valence-corrected chi connectivity index (χ2v) is 2.07. The van der Waals surface area contributed by atoms with Crippen molar-refractivity contribution < 1.29 is 35.9 Å². The summed E-state index contributed by atoms with van der Waals surface area (Å²) in [6.45, 7) is 0. The van der Waals surface area contributed by atoms with E-state index in [4.69, 9.17) is 0 Å². The maximum atomic E-state index is 11.8. The average molecular weight is 222 g/mol. The molecular weight excluding hydrogens is 218 g/mol. The molecule has 0 saturated carbocycles. The molecule has 0 saturated heterocycles. The van der Waals surface area contributed by atoms with Gasteiger partial charge >= 0.3 is 12.4 Å². The zero-order valence-corrected chi connectivity index (χ0v) is 6.66. The standard InChI is InChI=1S/C6H4F6O2/c1-14-4(6(10,11)12)2-3(13)5(7,8)9/h2H,1H3. The Morgan fingerprint density at radius 1 is 1.07 bits per heavy atom. The number of methoxy groups -OCH3 is 1. The Balaban J connectivity index is 4.89. The highest BCUT2D eigenvalue weighted by Crippen LogP contribution is 2.27. The van der Waals surface area contributed by atoms with Crippen molar-refractivity contribution in [3.63, 3.8) is 0 Å². The molecule has 82 valence electrons. The van der Waals surface area contributed by atoms with Gasteiger partial charge in [-0.25, -0.2) is 0 Å². The third kappa shape index (κ3) is 3.67. The molecule has 0 unspecified atom stereocenters. The number of ether oxygens (including phenoxy) is 1. The number of allylic oxidation sites excluding steroid dienone is 2. The first-order chi connectivity index (χ1) is 6.09. The fourth-order valence-corrected chi connectivity index (χ4v) is 0.457. The van der Waals surface area contributed by atoms with Gasteiger partial charge in [0.2, 0.25) is 5.76 Å². The molecule has 0 N–H and O–H groups in total. The van der Waals surface area contributed by atoms with Gasteiger partial charge in [-0.2, -0.15) is 26.3 Å². The van der Waals surface area contributed by atoms with Crippen LogP contribution in [0.2, 0.25) is 0 Å². The van der Waals surface area contributed by atoms with Crippen LogP contribution in [0.15, 0.2) is 11.8 Å². The van der Waals surface area contributed by atoms with Crippen molar-refractivity contribution in [2.24, 2.45) is 0 Å². The minimum absolute atomic E-state index is 0.517. The van der Waals surface area contributed by atoms with E-state index in [0.717, 1.165) is 0 Å². The van der Waals surface area contributed by atoms with E-state index in [-0.39, 0.29) is 0 Å². The minimum atomic E-state index is -5.34. The molecule has 14 heavy (non-hydrogen) atoms. The first kappa shape index (κ1) is 12.8. The van der Waals surface area contributed by atoms with Crippen molar-refractivity contribution in [3.05, 3.63) is 11.8 Å². The van der Waals surface area contributed by atoms with Crippen molar-refractivity contribution in [1.29, 1.82) is 0 Å². The lowest BCUT2D eigenvalue weighted by Gasteiger charge is -2.09. The lowest BCUT2D eigenvalue weighted by atomic mass is 10.3. The molecule has 0 heterocycles. The highest BCUT2D eigenvalue weighted by atomic mass is 19.4. The maximum Gasteiger partial charge on any atom is 0.454 e. The van der Waals surface area contributed by atoms with E-state index in [1.807, 2.05) is 0 Å². The Morgan fingerprint density at radius 3 is 1.71 bits per heavy atom. The summed E-state index contributed by atoms with van der Waals surface area (Å²) in [6, 6.07) is 0. The Labute approximate surface area is 74.1 Å². The molecule has 0 radical (unpaired) electrons. The van der Waals surface area contributed by atoms with E-state index in [0.29, 0.717) is 7.11 Å². The average Bonchev–Trinajstić information content (AvgIpc) is 1.95. The number of alkyl halides is 6. The van der Waals surface area contributed by atoms with Crippen molar-refractivity contribution in [2.75, 3.05) is 7.11 Å². The smallest absolute Gasteiger partial charge is 0.454 e. The van der Waals surface area contributed by atoms with Crippen LogP contribution >= 0.6 is 0 Å². The van der Waals surface area contributed by atoms with Gasteiger partial charge in [-0.1, -0.05) is 0 Å². The molecule has 0 fully saturated rings. The van der Waals surface area contributed by atoms with Gasteiger partial charge in [-0.05, 0) is 0 Å². The third-order valence-electron chi connectivity index (χ3n) is 1.04. The van der Waals surface area contributed by atoms with Gasteiger partial charge in [0.25, 0.3) is 5.78 Å². The Hall–Kier alpha value is -1.21. The summed E-state index contributed by atoms with van der Waals surface area (Å²) < 4.78 is 73.4. The fourth-order valence-electron chi connectivity index (χ4n) is 0.457. The zero-order chi connectivity index (χ0) is 11.6. The second kappa shape index (κ2) is 3.89. The molecule has 0 amide bonds. The molecule has 0 aliphatic heterocycles. The van der Waals surface area contributed by atoms with Gasteiger partial charge in [0.15, 0.2) is 0 Å². The Morgan fingerprint density at radius 2 is 1.50 bits per heavy atom. The summed E-state index contributed by atoms with van der Waals surface area (Å²) in [7, 11) is 0.517. The summed E-state index contributed by atoms with van der Waals surface area (Å²) in [4.78, 5) is 10.1. The molecule has 0 spiro atoms. The summed E-state index contributed by atoms with van der Waals surface area (Å²) in [5.74, 6) is -4.61. The van der Waals surface area contributed by atoms with Crippen LogP contribution < -0.4 is 0 Å². The fraction of sp³-hybridized carbons (Fsp3) is 0.500. The third-order valence-corrected chi connectivity index (χ3v) is 1.04. The van der Waals surface area contributed by atoms with Crippen molar-refractivity contribution in [1.82, 2.24) is 0 Å². The monoisotopic (exact) mass is 222 g/mol. The van der Waals surface area contributed by atoms with Crippen LogP contribution in [-0.4, -0.2) is 25.2 Å². The van der Waals surface area contributed by atoms with Gasteiger partial charge in [0, 0.05) is 6.08 Å². The SMILES string of the molecule is COC(=CC(=O)C(F)(F)F)C(F)(F)F. The number of hydrogen-bond acceptors (Lipinski definition) is 2. The normalized spacial score (nSPS) is 14.1. The van der Waals surface area contributed by atoms with E-state index in [9.17, 15) is 31.1 Å². The molecule has 0 atom stereocenters. The summed E-state index contributed by atoms with van der Waals surface area (Å²) >= 11 is 0. The Bertz CT molecular complexity index is 248. The van der Waals surface area contributed by atoms with Gasteiger partial charge < -0.3 is 4.74 Å². The highest BCUT2D eigenvalue weighted by molar-refractivity contribution is 5.94. The van der Waals surface area contributed by atoms with E-state index in [1.165, 1.54) is 0 Å². The van der Waals surface area contributed by atoms with Crippen LogP contribution in [0.3, 0.4) is 0 Å². The van der Waals surface area contributed by atoms with E-state index in [1.54, 1.807) is 0 Å². The topological polar surface area (TPSA) is 26.3 Å². The highest BCUT2D eigenvalue weighted by Gasteiger charge is 2.42. The van der Waals surface area contributed by atoms with Crippen LogP contribution in [0.4, 0.5) is 26.3 Å². The van der Waals surface area contributed by atoms with Gasteiger partial charge in [0.1, 0.15) is 0 Å². The number of ketones is 1. The molecular formula is C6H4F6O2. The lowest BCUT2D eigenvalue weighted by Crippen LogP contribution is -2.23. The maximum absolute atomic E-state index is 11.8. The molecule has 0 aromatic carbocycles. The molecule has 2 nitrogen and oxygen atoms in total.